The summed E-state index contributed by atoms with van der Waals surface area (Å²) < 4.78 is 57.3. The minimum atomic E-state index is -4.71. The molecular weight excluding hydrogens is 553 g/mol. The number of carbonyl (C=O) groups excluding carboxylic acids is 2. The van der Waals surface area contributed by atoms with Crippen LogP contribution in [0.1, 0.15) is 69.6 Å². The van der Waals surface area contributed by atoms with Crippen LogP contribution in [0.5, 0.6) is 11.5 Å². The maximum Gasteiger partial charge on any atom is 0.417 e. The predicted octanol–water partition coefficient (Wildman–Crippen LogP) is 6.57. The van der Waals surface area contributed by atoms with Gasteiger partial charge in [-0.25, -0.2) is 9.59 Å². The largest absolute Gasteiger partial charge is 0.494 e. The number of ether oxygens (including phenoxy) is 2. The van der Waals surface area contributed by atoms with Gasteiger partial charge in [-0.3, -0.25) is 9.69 Å². The standard InChI is InChI=1S/C31H35F3N2O6/c1-4-6-17-40-21-12-10-20(11-13-21)30(3)28(38)36(29(39)35-30)16-7-8-18-41-25-15-14-22-24(31(32,33)34)19-26(37)42-27(22)23(25)9-5-2/h10-15,19H,4-9,16-18H2,1-3H3,(H,35,39). The Hall–Kier alpha value is -4.02. The molecule has 2 heterocycles. The number of benzene rings is 2. The molecule has 1 atom stereocenters. The van der Waals surface area contributed by atoms with E-state index in [-0.39, 0.29) is 30.0 Å². The fourth-order valence-electron chi connectivity index (χ4n) is 4.99. The molecule has 1 saturated heterocycles. The first-order valence-corrected chi connectivity index (χ1v) is 14.2. The topological polar surface area (TPSA) is 98.1 Å². The van der Waals surface area contributed by atoms with Crippen molar-refractivity contribution in [3.63, 3.8) is 0 Å². The normalized spacial score (nSPS) is 17.1. The lowest BCUT2D eigenvalue weighted by Gasteiger charge is -2.22. The van der Waals surface area contributed by atoms with E-state index < -0.39 is 28.9 Å². The Labute approximate surface area is 241 Å². The summed E-state index contributed by atoms with van der Waals surface area (Å²) >= 11 is 0. The molecule has 3 aromatic rings. The number of unbranched alkanes of at least 4 members (excludes halogenated alkanes) is 2. The number of halogens is 3. The van der Waals surface area contributed by atoms with Gasteiger partial charge in [0.25, 0.3) is 5.91 Å². The predicted molar refractivity (Wildman–Crippen MR) is 151 cm³/mol. The minimum Gasteiger partial charge on any atom is -0.494 e. The molecule has 3 amide bonds. The lowest BCUT2D eigenvalue weighted by molar-refractivity contribution is -0.136. The van der Waals surface area contributed by atoms with Crippen LogP contribution >= 0.6 is 0 Å². The number of hydrogen-bond acceptors (Lipinski definition) is 6. The second-order valence-electron chi connectivity index (χ2n) is 10.4. The van der Waals surface area contributed by atoms with Crippen molar-refractivity contribution in [2.24, 2.45) is 0 Å². The van der Waals surface area contributed by atoms with Crippen molar-refractivity contribution in [2.75, 3.05) is 19.8 Å². The second-order valence-corrected chi connectivity index (χ2v) is 10.4. The number of aryl methyl sites for hydroxylation is 1. The van der Waals surface area contributed by atoms with Crippen molar-refractivity contribution >= 4 is 22.9 Å². The monoisotopic (exact) mass is 588 g/mol. The van der Waals surface area contributed by atoms with Gasteiger partial charge in [0.2, 0.25) is 0 Å². The molecule has 1 unspecified atom stereocenters. The molecule has 1 fully saturated rings. The van der Waals surface area contributed by atoms with Gasteiger partial charge in [0, 0.05) is 23.6 Å². The zero-order valence-corrected chi connectivity index (χ0v) is 23.9. The van der Waals surface area contributed by atoms with Gasteiger partial charge in [0.05, 0.1) is 18.8 Å². The molecule has 0 spiro atoms. The van der Waals surface area contributed by atoms with Gasteiger partial charge in [0.15, 0.2) is 0 Å². The Balaban J connectivity index is 1.37. The molecule has 0 aliphatic carbocycles. The molecule has 0 saturated carbocycles. The first kappa shape index (κ1) is 30.9. The first-order chi connectivity index (χ1) is 20.0. The highest BCUT2D eigenvalue weighted by atomic mass is 19.4. The molecule has 1 aliphatic heterocycles. The molecule has 11 heteroatoms. The molecule has 4 rings (SSSR count). The van der Waals surface area contributed by atoms with Crippen molar-refractivity contribution in [3.05, 3.63) is 69.6 Å². The molecule has 0 bridgehead atoms. The van der Waals surface area contributed by atoms with Crippen LogP contribution < -0.4 is 20.4 Å². The summed E-state index contributed by atoms with van der Waals surface area (Å²) in [5.74, 6) is 0.667. The summed E-state index contributed by atoms with van der Waals surface area (Å²) in [6.45, 7) is 6.57. The highest BCUT2D eigenvalue weighted by Crippen LogP contribution is 2.37. The average Bonchev–Trinajstić information content (AvgIpc) is 3.17. The van der Waals surface area contributed by atoms with Gasteiger partial charge in [-0.1, -0.05) is 38.8 Å². The van der Waals surface area contributed by atoms with E-state index in [0.717, 1.165) is 12.8 Å². The first-order valence-electron chi connectivity index (χ1n) is 14.2. The van der Waals surface area contributed by atoms with Crippen LogP contribution in [0.25, 0.3) is 11.0 Å². The summed E-state index contributed by atoms with van der Waals surface area (Å²) in [5.41, 5.74) is -2.42. The number of carbonyl (C=O) groups is 2. The maximum atomic E-state index is 13.5. The van der Waals surface area contributed by atoms with Crippen LogP contribution in [-0.4, -0.2) is 36.6 Å². The number of amides is 3. The van der Waals surface area contributed by atoms with Crippen LogP contribution in [0.15, 0.2) is 51.7 Å². The fourth-order valence-corrected chi connectivity index (χ4v) is 4.99. The van der Waals surface area contributed by atoms with Crippen molar-refractivity contribution in [2.45, 2.75) is 71.0 Å². The molecular formula is C31H35F3N2O6. The van der Waals surface area contributed by atoms with Crippen molar-refractivity contribution in [1.29, 1.82) is 0 Å². The SMILES string of the molecule is CCCCOc1ccc(C2(C)NC(=O)N(CCCCOc3ccc4c(C(F)(F)F)cc(=O)oc4c3CCC)C2=O)cc1. The summed E-state index contributed by atoms with van der Waals surface area (Å²) in [6.07, 6.45) is -0.887. The highest BCUT2D eigenvalue weighted by Gasteiger charge is 2.48. The van der Waals surface area contributed by atoms with Crippen LogP contribution in [0.3, 0.4) is 0 Å². The molecule has 8 nitrogen and oxygen atoms in total. The molecule has 2 aromatic carbocycles. The number of nitrogens with zero attached hydrogens (tertiary/aromatic N) is 1. The van der Waals surface area contributed by atoms with E-state index in [1.165, 1.54) is 17.0 Å². The van der Waals surface area contributed by atoms with Crippen molar-refractivity contribution in [1.82, 2.24) is 10.2 Å². The zero-order chi connectivity index (χ0) is 30.5. The molecule has 226 valence electrons. The summed E-state index contributed by atoms with van der Waals surface area (Å²) in [4.78, 5) is 39.0. The Kier molecular flexibility index (Phi) is 9.48. The molecule has 1 N–H and O–H groups in total. The molecule has 0 radical (unpaired) electrons. The molecule has 1 aliphatic rings. The summed E-state index contributed by atoms with van der Waals surface area (Å²) in [7, 11) is 0. The summed E-state index contributed by atoms with van der Waals surface area (Å²) in [5, 5.41) is 2.60. The van der Waals surface area contributed by atoms with Gasteiger partial charge in [-0.15, -0.1) is 0 Å². The third kappa shape index (κ3) is 6.55. The van der Waals surface area contributed by atoms with E-state index in [1.807, 2.05) is 6.92 Å². The number of rotatable bonds is 13. The molecule has 42 heavy (non-hydrogen) atoms. The number of alkyl halides is 3. The third-order valence-electron chi connectivity index (χ3n) is 7.28. The van der Waals surface area contributed by atoms with Gasteiger partial charge >= 0.3 is 17.8 Å². The number of urea groups is 1. The fraction of sp³-hybridized carbons (Fsp3) is 0.452. The Bertz CT molecular complexity index is 1480. The lowest BCUT2D eigenvalue weighted by atomic mass is 9.92. The van der Waals surface area contributed by atoms with Crippen LogP contribution in [0.2, 0.25) is 0 Å². The summed E-state index contributed by atoms with van der Waals surface area (Å²) in [6, 6.07) is 9.77. The van der Waals surface area contributed by atoms with Gasteiger partial charge < -0.3 is 19.2 Å². The average molecular weight is 589 g/mol. The van der Waals surface area contributed by atoms with Crippen molar-refractivity contribution < 1.29 is 36.7 Å². The van der Waals surface area contributed by atoms with Gasteiger partial charge in [-0.2, -0.15) is 13.2 Å². The quantitative estimate of drug-likeness (QED) is 0.138. The smallest absolute Gasteiger partial charge is 0.417 e. The van der Waals surface area contributed by atoms with E-state index in [1.54, 1.807) is 31.2 Å². The Morgan fingerprint density at radius 2 is 1.64 bits per heavy atom. The number of hydrogen-bond donors (Lipinski definition) is 1. The highest BCUT2D eigenvalue weighted by molar-refractivity contribution is 6.07. The zero-order valence-electron chi connectivity index (χ0n) is 23.9. The van der Waals surface area contributed by atoms with E-state index in [2.05, 4.69) is 12.2 Å². The lowest BCUT2D eigenvalue weighted by Crippen LogP contribution is -2.41. The van der Waals surface area contributed by atoms with Crippen LogP contribution in [-0.2, 0) is 22.9 Å². The number of fused-ring (bicyclic) bond motifs is 1. The Morgan fingerprint density at radius 1 is 0.929 bits per heavy atom. The minimum absolute atomic E-state index is 0.131. The van der Waals surface area contributed by atoms with Crippen LogP contribution in [0.4, 0.5) is 18.0 Å². The van der Waals surface area contributed by atoms with Gasteiger partial charge in [0.1, 0.15) is 22.6 Å². The second kappa shape index (κ2) is 12.9. The van der Waals surface area contributed by atoms with E-state index >= 15 is 0 Å². The van der Waals surface area contributed by atoms with Crippen molar-refractivity contribution in [3.8, 4) is 11.5 Å². The number of imide groups is 1. The van der Waals surface area contributed by atoms with Gasteiger partial charge in [-0.05, 0) is 62.4 Å². The maximum absolute atomic E-state index is 13.5. The van der Waals surface area contributed by atoms with E-state index in [4.69, 9.17) is 13.9 Å². The van der Waals surface area contributed by atoms with Crippen LogP contribution in [0, 0.1) is 0 Å². The van der Waals surface area contributed by atoms with E-state index in [9.17, 15) is 27.6 Å². The third-order valence-corrected chi connectivity index (χ3v) is 7.28. The number of nitrogens with one attached hydrogen (secondary N) is 1. The molecule has 1 aromatic heterocycles. The Morgan fingerprint density at radius 3 is 2.31 bits per heavy atom. The van der Waals surface area contributed by atoms with E-state index in [0.29, 0.717) is 61.0 Å².